The van der Waals surface area contributed by atoms with Crippen LogP contribution in [-0.2, 0) is 25.4 Å². The Hall–Kier alpha value is -1.46. The van der Waals surface area contributed by atoms with Gasteiger partial charge in [-0.25, -0.2) is 4.79 Å². The minimum absolute atomic E-state index is 0.0623. The number of aliphatic hydroxyl groups excluding tert-OH is 1. The molecule has 1 aromatic carbocycles. The van der Waals surface area contributed by atoms with E-state index in [2.05, 4.69) is 60.7 Å². The molecule has 6 nitrogen and oxygen atoms in total. The predicted octanol–water partition coefficient (Wildman–Crippen LogP) is 7.05. The van der Waals surface area contributed by atoms with E-state index < -0.39 is 30.5 Å². The van der Waals surface area contributed by atoms with Crippen molar-refractivity contribution in [3.63, 3.8) is 0 Å². The maximum atomic E-state index is 13.2. The van der Waals surface area contributed by atoms with Crippen molar-refractivity contribution in [1.82, 2.24) is 0 Å². The first kappa shape index (κ1) is 32.8. The molecule has 0 saturated heterocycles. The first-order valence-corrected chi connectivity index (χ1v) is 18.4. The minimum Gasteiger partial charge on any atom is -0.496 e. The quantitative estimate of drug-likeness (QED) is 0.177. The number of carbonyl (C=O) groups excluding carboxylic acids is 1. The lowest BCUT2D eigenvalue weighted by Gasteiger charge is -2.32. The first-order chi connectivity index (χ1) is 17.4. The standard InChI is InChI=1S/C30H50O6Si2/c1-18(15-14-16-22(29(3,4)5)35-37(10)11)21(31)17-20-25(30(6,7)8)24-23(19(2)26(20)33-9)28(34-27(24)32)36-38(12)13/h15,21-22,28,31H,14,16-17H2,1-13H3. The largest absolute Gasteiger partial charge is 0.496 e. The third-order valence-electron chi connectivity index (χ3n) is 6.95. The summed E-state index contributed by atoms with van der Waals surface area (Å²) in [6, 6.07) is 0. The van der Waals surface area contributed by atoms with Crippen molar-refractivity contribution in [2.75, 3.05) is 7.11 Å². The van der Waals surface area contributed by atoms with Gasteiger partial charge in [-0.3, -0.25) is 0 Å². The number of ether oxygens (including phenoxy) is 2. The number of aliphatic hydroxyl groups is 1. The summed E-state index contributed by atoms with van der Waals surface area (Å²) in [6.45, 7) is 25.2. The highest BCUT2D eigenvalue weighted by Crippen LogP contribution is 2.47. The van der Waals surface area contributed by atoms with E-state index in [1.807, 2.05) is 26.9 Å². The number of rotatable bonds is 11. The molecule has 2 rings (SSSR count). The summed E-state index contributed by atoms with van der Waals surface area (Å²) in [5.74, 6) is 0.322. The molecule has 0 bridgehead atoms. The fourth-order valence-corrected chi connectivity index (χ4v) is 6.79. The fourth-order valence-electron chi connectivity index (χ4n) is 5.16. The summed E-state index contributed by atoms with van der Waals surface area (Å²) in [5, 5.41) is 11.3. The second-order valence-corrected chi connectivity index (χ2v) is 17.0. The molecule has 2 radical (unpaired) electrons. The van der Waals surface area contributed by atoms with E-state index >= 15 is 0 Å². The topological polar surface area (TPSA) is 74.2 Å². The third-order valence-corrected chi connectivity index (χ3v) is 8.39. The number of hydrogen-bond donors (Lipinski definition) is 1. The third kappa shape index (κ3) is 7.81. The highest BCUT2D eigenvalue weighted by Gasteiger charge is 2.42. The Kier molecular flexibility index (Phi) is 11.0. The van der Waals surface area contributed by atoms with E-state index in [0.29, 0.717) is 17.7 Å². The van der Waals surface area contributed by atoms with Crippen LogP contribution in [0.25, 0.3) is 0 Å². The van der Waals surface area contributed by atoms with Crippen LogP contribution in [0.3, 0.4) is 0 Å². The smallest absolute Gasteiger partial charge is 0.341 e. The summed E-state index contributed by atoms with van der Waals surface area (Å²) in [7, 11) is -0.266. The molecular weight excluding hydrogens is 512 g/mol. The number of allylic oxidation sites excluding steroid dienone is 1. The van der Waals surface area contributed by atoms with E-state index in [0.717, 1.165) is 40.7 Å². The number of methoxy groups -OCH3 is 1. The highest BCUT2D eigenvalue weighted by atomic mass is 28.3. The molecule has 8 heteroatoms. The van der Waals surface area contributed by atoms with Crippen LogP contribution in [0.2, 0.25) is 26.2 Å². The molecule has 0 amide bonds. The van der Waals surface area contributed by atoms with Crippen LogP contribution in [0, 0.1) is 12.3 Å². The number of carbonyl (C=O) groups is 1. The van der Waals surface area contributed by atoms with E-state index in [4.69, 9.17) is 18.3 Å². The lowest BCUT2D eigenvalue weighted by molar-refractivity contribution is -0.0398. The van der Waals surface area contributed by atoms with Gasteiger partial charge in [-0.15, -0.1) is 0 Å². The summed E-state index contributed by atoms with van der Waals surface area (Å²) < 4.78 is 24.0. The Morgan fingerprint density at radius 1 is 1.11 bits per heavy atom. The zero-order valence-corrected chi connectivity index (χ0v) is 27.9. The first-order valence-electron chi connectivity index (χ1n) is 13.6. The Morgan fingerprint density at radius 3 is 2.18 bits per heavy atom. The van der Waals surface area contributed by atoms with E-state index in [1.54, 1.807) is 7.11 Å². The summed E-state index contributed by atoms with van der Waals surface area (Å²) in [4.78, 5) is 13.2. The SMILES string of the molecule is COc1c(C)c2c(c(C(C)(C)C)c1CC(O)C(C)=CCCC(O[Si](C)C)C(C)(C)C)C(=O)OC2O[Si](C)C. The van der Waals surface area contributed by atoms with Crippen molar-refractivity contribution in [3.8, 4) is 5.75 Å². The van der Waals surface area contributed by atoms with Gasteiger partial charge in [0.15, 0.2) is 0 Å². The molecule has 1 N–H and O–H groups in total. The monoisotopic (exact) mass is 562 g/mol. The summed E-state index contributed by atoms with van der Waals surface area (Å²) in [5.41, 5.74) is 4.46. The minimum atomic E-state index is -1.11. The maximum Gasteiger partial charge on any atom is 0.341 e. The van der Waals surface area contributed by atoms with E-state index in [1.165, 1.54) is 0 Å². The van der Waals surface area contributed by atoms with Gasteiger partial charge in [-0.1, -0.05) is 47.6 Å². The van der Waals surface area contributed by atoms with Gasteiger partial charge in [-0.2, -0.15) is 0 Å². The molecule has 3 atom stereocenters. The molecule has 214 valence electrons. The Balaban J connectivity index is 2.46. The number of esters is 1. The average Bonchev–Trinajstić information content (AvgIpc) is 3.06. The van der Waals surface area contributed by atoms with Crippen LogP contribution in [0.5, 0.6) is 5.75 Å². The number of hydrogen-bond acceptors (Lipinski definition) is 6. The van der Waals surface area contributed by atoms with Gasteiger partial charge < -0.3 is 23.4 Å². The van der Waals surface area contributed by atoms with Gasteiger partial charge in [0.2, 0.25) is 24.4 Å². The maximum absolute atomic E-state index is 13.2. The van der Waals surface area contributed by atoms with Crippen LogP contribution in [-0.4, -0.2) is 48.5 Å². The number of benzene rings is 1. The summed E-state index contributed by atoms with van der Waals surface area (Å²) >= 11 is 0. The van der Waals surface area contributed by atoms with Crippen molar-refractivity contribution >= 4 is 24.0 Å². The Bertz CT molecular complexity index is 1020. The van der Waals surface area contributed by atoms with Crippen LogP contribution in [0.15, 0.2) is 11.6 Å². The molecule has 0 spiro atoms. The van der Waals surface area contributed by atoms with Crippen molar-refractivity contribution in [3.05, 3.63) is 39.5 Å². The van der Waals surface area contributed by atoms with Crippen LogP contribution in [0.1, 0.15) is 100 Å². The zero-order valence-electron chi connectivity index (χ0n) is 25.9. The molecule has 3 unspecified atom stereocenters. The number of fused-ring (bicyclic) bond motifs is 1. The van der Waals surface area contributed by atoms with Crippen LogP contribution >= 0.6 is 0 Å². The van der Waals surface area contributed by atoms with Crippen molar-refractivity contribution < 1.29 is 28.2 Å². The van der Waals surface area contributed by atoms with Gasteiger partial charge in [0.1, 0.15) is 5.75 Å². The Labute approximate surface area is 234 Å². The highest BCUT2D eigenvalue weighted by molar-refractivity contribution is 6.48. The Morgan fingerprint density at radius 2 is 1.71 bits per heavy atom. The van der Waals surface area contributed by atoms with E-state index in [9.17, 15) is 9.90 Å². The fraction of sp³-hybridized carbons (Fsp3) is 0.700. The molecular formula is C30H50O6Si2. The van der Waals surface area contributed by atoms with Crippen molar-refractivity contribution in [2.24, 2.45) is 5.41 Å². The van der Waals surface area contributed by atoms with E-state index in [-0.39, 0.29) is 22.9 Å². The average molecular weight is 563 g/mol. The normalized spacial score (nSPS) is 18.2. The van der Waals surface area contributed by atoms with Gasteiger partial charge in [0.25, 0.3) is 0 Å². The molecule has 0 aliphatic carbocycles. The molecule has 1 aromatic rings. The molecule has 0 aromatic heterocycles. The summed E-state index contributed by atoms with van der Waals surface area (Å²) in [6.07, 6.45) is 2.95. The molecule has 1 heterocycles. The van der Waals surface area contributed by atoms with Gasteiger partial charge in [0.05, 0.1) is 24.9 Å². The van der Waals surface area contributed by atoms with Gasteiger partial charge >= 0.3 is 5.97 Å². The van der Waals surface area contributed by atoms with Crippen LogP contribution < -0.4 is 4.74 Å². The molecule has 1 aliphatic rings. The molecule has 38 heavy (non-hydrogen) atoms. The second kappa shape index (κ2) is 12.8. The zero-order chi connectivity index (χ0) is 29.2. The van der Waals surface area contributed by atoms with Crippen LogP contribution in [0.4, 0.5) is 0 Å². The lowest BCUT2D eigenvalue weighted by Crippen LogP contribution is -2.33. The molecule has 0 saturated carbocycles. The lowest BCUT2D eigenvalue weighted by atomic mass is 9.76. The molecule has 0 fully saturated rings. The van der Waals surface area contributed by atoms with Crippen molar-refractivity contribution in [1.29, 1.82) is 0 Å². The van der Waals surface area contributed by atoms with Gasteiger partial charge in [0, 0.05) is 23.1 Å². The second-order valence-electron chi connectivity index (χ2n) is 12.9. The number of cyclic esters (lactones) is 1. The predicted molar refractivity (Wildman–Crippen MR) is 158 cm³/mol. The van der Waals surface area contributed by atoms with Gasteiger partial charge in [-0.05, 0) is 74.8 Å². The molecule has 1 aliphatic heterocycles. The van der Waals surface area contributed by atoms with Crippen molar-refractivity contribution in [2.45, 2.75) is 125 Å².